The van der Waals surface area contributed by atoms with E-state index in [1.165, 1.54) is 5.56 Å². The van der Waals surface area contributed by atoms with Crippen LogP contribution >= 0.6 is 23.2 Å². The molecule has 5 heteroatoms. The number of anilines is 2. The van der Waals surface area contributed by atoms with E-state index in [-0.39, 0.29) is 0 Å². The van der Waals surface area contributed by atoms with Crippen LogP contribution in [-0.2, 0) is 0 Å². The maximum atomic E-state index is 6.36. The lowest BCUT2D eigenvalue weighted by Gasteiger charge is -2.12. The number of nitrogens with zero attached hydrogens (tertiary/aromatic N) is 2. The Balaban J connectivity index is 1.88. The third kappa shape index (κ3) is 3.36. The summed E-state index contributed by atoms with van der Waals surface area (Å²) < 4.78 is 0. The van der Waals surface area contributed by atoms with Gasteiger partial charge in [-0.1, -0.05) is 47.5 Å². The number of halogens is 2. The largest absolute Gasteiger partial charge is 0.340 e. The van der Waals surface area contributed by atoms with Gasteiger partial charge in [-0.25, -0.2) is 9.97 Å². The van der Waals surface area contributed by atoms with Crippen molar-refractivity contribution in [1.29, 1.82) is 0 Å². The molecular formula is C21H15Cl2N3. The molecule has 3 aromatic carbocycles. The summed E-state index contributed by atoms with van der Waals surface area (Å²) >= 11 is 12.4. The highest BCUT2D eigenvalue weighted by Crippen LogP contribution is 2.32. The molecule has 0 saturated carbocycles. The van der Waals surface area contributed by atoms with E-state index in [1.807, 2.05) is 42.5 Å². The fourth-order valence-electron chi connectivity index (χ4n) is 2.82. The fourth-order valence-corrected chi connectivity index (χ4v) is 3.32. The van der Waals surface area contributed by atoms with Crippen LogP contribution in [0.4, 0.5) is 11.5 Å². The van der Waals surface area contributed by atoms with E-state index >= 15 is 0 Å². The predicted molar refractivity (Wildman–Crippen MR) is 109 cm³/mol. The van der Waals surface area contributed by atoms with Gasteiger partial charge >= 0.3 is 0 Å². The lowest BCUT2D eigenvalue weighted by molar-refractivity contribution is 1.22. The second-order valence-corrected chi connectivity index (χ2v) is 6.88. The monoisotopic (exact) mass is 379 g/mol. The number of aromatic nitrogens is 2. The Bertz CT molecular complexity index is 1110. The van der Waals surface area contributed by atoms with Gasteiger partial charge in [0, 0.05) is 21.7 Å². The Morgan fingerprint density at radius 2 is 1.69 bits per heavy atom. The molecule has 0 saturated heterocycles. The Kier molecular flexibility index (Phi) is 4.49. The number of aryl methyl sites for hydroxylation is 1. The third-order valence-electron chi connectivity index (χ3n) is 4.06. The molecular weight excluding hydrogens is 365 g/mol. The van der Waals surface area contributed by atoms with Crippen molar-refractivity contribution >= 4 is 45.6 Å². The Morgan fingerprint density at radius 3 is 2.50 bits per heavy atom. The van der Waals surface area contributed by atoms with Crippen molar-refractivity contribution in [2.75, 3.05) is 5.32 Å². The molecule has 0 fully saturated rings. The molecule has 0 amide bonds. The quantitative estimate of drug-likeness (QED) is 0.432. The minimum atomic E-state index is 0.522. The van der Waals surface area contributed by atoms with Gasteiger partial charge in [0.25, 0.3) is 0 Å². The van der Waals surface area contributed by atoms with E-state index in [4.69, 9.17) is 28.2 Å². The van der Waals surface area contributed by atoms with Gasteiger partial charge in [0.1, 0.15) is 5.82 Å². The Labute approximate surface area is 161 Å². The van der Waals surface area contributed by atoms with Crippen LogP contribution in [0.1, 0.15) is 5.56 Å². The lowest BCUT2D eigenvalue weighted by atomic mass is 10.1. The summed E-state index contributed by atoms with van der Waals surface area (Å²) in [7, 11) is 0. The highest BCUT2D eigenvalue weighted by atomic mass is 35.5. The van der Waals surface area contributed by atoms with Crippen molar-refractivity contribution in [3.8, 4) is 11.4 Å². The first-order valence-electron chi connectivity index (χ1n) is 8.16. The van der Waals surface area contributed by atoms with Crippen molar-refractivity contribution in [1.82, 2.24) is 9.97 Å². The summed E-state index contributed by atoms with van der Waals surface area (Å²) in [5.41, 5.74) is 3.74. The van der Waals surface area contributed by atoms with Crippen molar-refractivity contribution in [3.63, 3.8) is 0 Å². The van der Waals surface area contributed by atoms with E-state index in [0.29, 0.717) is 15.9 Å². The van der Waals surface area contributed by atoms with E-state index < -0.39 is 0 Å². The van der Waals surface area contributed by atoms with Crippen LogP contribution in [0.5, 0.6) is 0 Å². The van der Waals surface area contributed by atoms with E-state index in [0.717, 1.165) is 28.0 Å². The number of benzene rings is 3. The second kappa shape index (κ2) is 6.94. The van der Waals surface area contributed by atoms with Gasteiger partial charge < -0.3 is 5.32 Å². The number of hydrogen-bond acceptors (Lipinski definition) is 3. The molecule has 0 radical (unpaired) electrons. The van der Waals surface area contributed by atoms with Crippen molar-refractivity contribution in [3.05, 3.63) is 82.3 Å². The summed E-state index contributed by atoms with van der Waals surface area (Å²) in [6.45, 7) is 2.06. The topological polar surface area (TPSA) is 37.8 Å². The summed E-state index contributed by atoms with van der Waals surface area (Å²) in [5, 5.41) is 5.46. The molecule has 0 unspecified atom stereocenters. The molecule has 3 nitrogen and oxygen atoms in total. The number of rotatable bonds is 3. The first-order valence-corrected chi connectivity index (χ1v) is 8.92. The van der Waals surface area contributed by atoms with Gasteiger partial charge in [-0.2, -0.15) is 0 Å². The molecule has 26 heavy (non-hydrogen) atoms. The highest BCUT2D eigenvalue weighted by Gasteiger charge is 2.12. The zero-order valence-corrected chi connectivity index (χ0v) is 15.5. The summed E-state index contributed by atoms with van der Waals surface area (Å²) in [4.78, 5) is 9.41. The van der Waals surface area contributed by atoms with Crippen LogP contribution in [0.15, 0.2) is 66.7 Å². The van der Waals surface area contributed by atoms with Gasteiger partial charge in [-0.15, -0.1) is 0 Å². The number of nitrogens with one attached hydrogen (secondary N) is 1. The van der Waals surface area contributed by atoms with Crippen molar-refractivity contribution in [2.24, 2.45) is 0 Å². The van der Waals surface area contributed by atoms with E-state index in [9.17, 15) is 0 Å². The van der Waals surface area contributed by atoms with Crippen LogP contribution in [0.2, 0.25) is 10.0 Å². The molecule has 0 aliphatic carbocycles. The molecule has 1 heterocycles. The van der Waals surface area contributed by atoms with Crippen LogP contribution in [0, 0.1) is 6.92 Å². The molecule has 4 aromatic rings. The van der Waals surface area contributed by atoms with Gasteiger partial charge in [0.15, 0.2) is 5.82 Å². The third-order valence-corrected chi connectivity index (χ3v) is 4.60. The van der Waals surface area contributed by atoms with Crippen LogP contribution in [-0.4, -0.2) is 9.97 Å². The highest BCUT2D eigenvalue weighted by molar-refractivity contribution is 6.36. The molecule has 128 valence electrons. The zero-order chi connectivity index (χ0) is 18.1. The summed E-state index contributed by atoms with van der Waals surface area (Å²) in [6, 6.07) is 21.4. The number of fused-ring (bicyclic) bond motifs is 1. The summed E-state index contributed by atoms with van der Waals surface area (Å²) in [6.07, 6.45) is 0. The molecule has 4 rings (SSSR count). The molecule has 1 aromatic heterocycles. The van der Waals surface area contributed by atoms with Crippen molar-refractivity contribution < 1.29 is 0 Å². The smallest absolute Gasteiger partial charge is 0.163 e. The molecule has 0 aliphatic heterocycles. The first kappa shape index (κ1) is 16.8. The predicted octanol–water partition coefficient (Wildman–Crippen LogP) is 6.66. The van der Waals surface area contributed by atoms with E-state index in [2.05, 4.69) is 29.4 Å². The normalized spacial score (nSPS) is 10.9. The van der Waals surface area contributed by atoms with Crippen LogP contribution < -0.4 is 5.32 Å². The molecule has 0 bridgehead atoms. The Hall–Kier alpha value is -2.62. The number of hydrogen-bond donors (Lipinski definition) is 1. The standard InChI is InChI=1S/C21H15Cl2N3/c1-13-5-4-6-15(11-13)24-21-17-7-2-3-8-19(17)25-20(26-21)16-10-9-14(22)12-18(16)23/h2-12H,1H3,(H,24,25,26). The van der Waals surface area contributed by atoms with Crippen LogP contribution in [0.25, 0.3) is 22.3 Å². The molecule has 1 N–H and O–H groups in total. The van der Waals surface area contributed by atoms with Gasteiger partial charge in [0.2, 0.25) is 0 Å². The minimum Gasteiger partial charge on any atom is -0.340 e. The van der Waals surface area contributed by atoms with E-state index in [1.54, 1.807) is 12.1 Å². The second-order valence-electron chi connectivity index (χ2n) is 6.03. The summed E-state index contributed by atoms with van der Waals surface area (Å²) in [5.74, 6) is 1.29. The average molecular weight is 380 g/mol. The fraction of sp³-hybridized carbons (Fsp3) is 0.0476. The molecule has 0 spiro atoms. The van der Waals surface area contributed by atoms with Gasteiger partial charge in [-0.05, 0) is 55.0 Å². The first-order chi connectivity index (χ1) is 12.6. The minimum absolute atomic E-state index is 0.522. The average Bonchev–Trinajstić information content (AvgIpc) is 2.61. The zero-order valence-electron chi connectivity index (χ0n) is 14.0. The number of para-hydroxylation sites is 1. The molecule has 0 aliphatic rings. The van der Waals surface area contributed by atoms with Crippen LogP contribution in [0.3, 0.4) is 0 Å². The SMILES string of the molecule is Cc1cccc(Nc2nc(-c3ccc(Cl)cc3Cl)nc3ccccc23)c1. The van der Waals surface area contributed by atoms with Gasteiger partial charge in [-0.3, -0.25) is 0 Å². The Morgan fingerprint density at radius 1 is 0.846 bits per heavy atom. The lowest BCUT2D eigenvalue weighted by Crippen LogP contribution is -1.99. The van der Waals surface area contributed by atoms with Crippen molar-refractivity contribution in [2.45, 2.75) is 6.92 Å². The van der Waals surface area contributed by atoms with Gasteiger partial charge in [0.05, 0.1) is 10.5 Å². The maximum absolute atomic E-state index is 6.36. The maximum Gasteiger partial charge on any atom is 0.163 e. The molecule has 0 atom stereocenters.